The second kappa shape index (κ2) is 11.0. The van der Waals surface area contributed by atoms with Crippen LogP contribution in [0.3, 0.4) is 0 Å². The number of carbonyl (C=O) groups is 3. The Labute approximate surface area is 245 Å². The van der Waals surface area contributed by atoms with Crippen LogP contribution in [0.25, 0.3) is 11.1 Å². The minimum atomic E-state index is -1.31. The molecular formula is C30H29ClF2N4O5. The monoisotopic (exact) mass is 598 g/mol. The number of alkyl halides is 2. The highest BCUT2D eigenvalue weighted by Crippen LogP contribution is 2.40. The first-order valence-corrected chi connectivity index (χ1v) is 14.2. The highest BCUT2D eigenvalue weighted by atomic mass is 35.5. The molecule has 3 aliphatic heterocycles. The number of hydrogen-bond donors (Lipinski definition) is 1. The standard InChI is InChI=1S/C30H29ClF2N4O5/c1-2-42-29(39)27(26-25-11-19(32)12-36(25)15-34-26)37-13-22-21(28(37)38)9-18(10-23(22)31)16-3-5-17(6-4-16)20-7-8-35(30(40)41)14-24(20)33/h3-6,9-10,15,19-20,24,27H,2,7-8,11-14H2,1H3,(H,40,41)/t19-,20-,24+,27?/m1/s1. The highest BCUT2D eigenvalue weighted by Gasteiger charge is 2.43. The van der Waals surface area contributed by atoms with Crippen LogP contribution in [0.2, 0.25) is 5.02 Å². The molecular weight excluding hydrogens is 570 g/mol. The first-order chi connectivity index (χ1) is 20.2. The maximum Gasteiger partial charge on any atom is 0.407 e. The van der Waals surface area contributed by atoms with Crippen molar-refractivity contribution >= 4 is 29.6 Å². The van der Waals surface area contributed by atoms with E-state index in [1.807, 2.05) is 24.3 Å². The fraction of sp³-hybridized carbons (Fsp3) is 0.400. The van der Waals surface area contributed by atoms with Gasteiger partial charge in [-0.1, -0.05) is 35.9 Å². The zero-order chi connectivity index (χ0) is 29.7. The fourth-order valence-corrected chi connectivity index (χ4v) is 6.54. The maximum atomic E-state index is 14.8. The number of imidazole rings is 1. The molecule has 2 amide bonds. The number of likely N-dealkylation sites (tertiary alicyclic amines) is 1. The zero-order valence-electron chi connectivity index (χ0n) is 22.8. The van der Waals surface area contributed by atoms with E-state index in [9.17, 15) is 23.2 Å². The number of fused-ring (bicyclic) bond motifs is 2. The van der Waals surface area contributed by atoms with E-state index in [2.05, 4.69) is 4.98 Å². The minimum absolute atomic E-state index is 0.0635. The number of rotatable bonds is 6. The van der Waals surface area contributed by atoms with Crippen molar-refractivity contribution in [1.29, 1.82) is 0 Å². The predicted octanol–water partition coefficient (Wildman–Crippen LogP) is 5.16. The van der Waals surface area contributed by atoms with E-state index in [1.54, 1.807) is 23.6 Å². The molecule has 6 rings (SSSR count). The number of esters is 1. The van der Waals surface area contributed by atoms with Gasteiger partial charge in [-0.25, -0.2) is 23.4 Å². The normalized spacial score (nSPS) is 22.2. The molecule has 0 aliphatic carbocycles. The molecule has 9 nitrogen and oxygen atoms in total. The molecule has 1 N–H and O–H groups in total. The number of benzene rings is 2. The first-order valence-electron chi connectivity index (χ1n) is 13.9. The average molecular weight is 599 g/mol. The average Bonchev–Trinajstić information content (AvgIpc) is 3.62. The van der Waals surface area contributed by atoms with E-state index in [-0.39, 0.29) is 39.2 Å². The SMILES string of the molecule is CCOC(=O)C(c1ncn2c1C[C@@H](F)C2)N1Cc2c(Cl)cc(-c3ccc([C@H]4CCN(C(=O)O)C[C@@H]4F)cc3)cc2C1=O. The lowest BCUT2D eigenvalue weighted by molar-refractivity contribution is -0.149. The van der Waals surface area contributed by atoms with Crippen LogP contribution < -0.4 is 0 Å². The van der Waals surface area contributed by atoms with Crippen molar-refractivity contribution in [3.63, 3.8) is 0 Å². The molecule has 1 unspecified atom stereocenters. The predicted molar refractivity (Wildman–Crippen MR) is 149 cm³/mol. The molecule has 42 heavy (non-hydrogen) atoms. The van der Waals surface area contributed by atoms with Gasteiger partial charge in [-0.15, -0.1) is 0 Å². The lowest BCUT2D eigenvalue weighted by atomic mass is 9.87. The largest absolute Gasteiger partial charge is 0.465 e. The molecule has 12 heteroatoms. The third-order valence-electron chi connectivity index (χ3n) is 8.37. The van der Waals surface area contributed by atoms with E-state index >= 15 is 0 Å². The zero-order valence-corrected chi connectivity index (χ0v) is 23.6. The third kappa shape index (κ3) is 4.89. The third-order valence-corrected chi connectivity index (χ3v) is 8.71. The van der Waals surface area contributed by atoms with Crippen molar-refractivity contribution in [3.05, 3.63) is 75.8 Å². The molecule has 3 aliphatic rings. The lowest BCUT2D eigenvalue weighted by Crippen LogP contribution is -2.43. The van der Waals surface area contributed by atoms with Gasteiger partial charge in [-0.2, -0.15) is 0 Å². The van der Waals surface area contributed by atoms with Crippen molar-refractivity contribution in [2.45, 2.75) is 57.2 Å². The van der Waals surface area contributed by atoms with E-state index in [1.165, 1.54) is 11.2 Å². The Bertz CT molecular complexity index is 1560. The van der Waals surface area contributed by atoms with Gasteiger partial charge in [0.1, 0.15) is 12.3 Å². The van der Waals surface area contributed by atoms with Gasteiger partial charge in [-0.05, 0) is 42.2 Å². The molecule has 4 atom stereocenters. The van der Waals surface area contributed by atoms with Crippen molar-refractivity contribution in [2.24, 2.45) is 0 Å². The number of halogens is 3. The van der Waals surface area contributed by atoms with Gasteiger partial charge in [0.05, 0.1) is 31.7 Å². The summed E-state index contributed by atoms with van der Waals surface area (Å²) in [4.78, 5) is 45.0. The summed E-state index contributed by atoms with van der Waals surface area (Å²) in [6, 6.07) is 9.59. The molecule has 1 saturated heterocycles. The van der Waals surface area contributed by atoms with Crippen LogP contribution in [0, 0.1) is 0 Å². The highest BCUT2D eigenvalue weighted by molar-refractivity contribution is 6.32. The molecule has 0 bridgehead atoms. The second-order valence-corrected chi connectivity index (χ2v) is 11.3. The van der Waals surface area contributed by atoms with E-state index < -0.39 is 42.3 Å². The summed E-state index contributed by atoms with van der Waals surface area (Å²) in [6.45, 7) is 2.09. The Morgan fingerprint density at radius 2 is 1.93 bits per heavy atom. The summed E-state index contributed by atoms with van der Waals surface area (Å²) in [5.41, 5.74) is 4.00. The van der Waals surface area contributed by atoms with Gasteiger partial charge in [0.2, 0.25) is 0 Å². The number of nitrogens with zero attached hydrogens (tertiary/aromatic N) is 4. The summed E-state index contributed by atoms with van der Waals surface area (Å²) < 4.78 is 35.9. The van der Waals surface area contributed by atoms with Crippen molar-refractivity contribution in [3.8, 4) is 11.1 Å². The lowest BCUT2D eigenvalue weighted by Gasteiger charge is -2.33. The topological polar surface area (TPSA) is 105 Å². The van der Waals surface area contributed by atoms with Crippen LogP contribution in [-0.2, 0) is 29.0 Å². The van der Waals surface area contributed by atoms with Gasteiger partial charge in [0.25, 0.3) is 5.91 Å². The van der Waals surface area contributed by atoms with Gasteiger partial charge in [-0.3, -0.25) is 4.79 Å². The maximum absolute atomic E-state index is 14.8. The summed E-state index contributed by atoms with van der Waals surface area (Å²) in [5.74, 6) is -1.47. The van der Waals surface area contributed by atoms with Crippen LogP contribution in [0.4, 0.5) is 13.6 Å². The smallest absolute Gasteiger partial charge is 0.407 e. The number of hydrogen-bond acceptors (Lipinski definition) is 5. The molecule has 220 valence electrons. The molecule has 1 aromatic heterocycles. The molecule has 4 heterocycles. The molecule has 0 saturated carbocycles. The summed E-state index contributed by atoms with van der Waals surface area (Å²) >= 11 is 6.68. The van der Waals surface area contributed by atoms with E-state index in [0.717, 1.165) is 16.0 Å². The van der Waals surface area contributed by atoms with Gasteiger partial charge >= 0.3 is 12.1 Å². The molecule has 1 fully saturated rings. The van der Waals surface area contributed by atoms with Crippen molar-refractivity contribution in [1.82, 2.24) is 19.4 Å². The summed E-state index contributed by atoms with van der Waals surface area (Å²) in [6.07, 6.45) is -1.55. The van der Waals surface area contributed by atoms with Gasteiger partial charge < -0.3 is 24.2 Å². The fourth-order valence-electron chi connectivity index (χ4n) is 6.26. The molecule has 3 aromatic rings. The van der Waals surface area contributed by atoms with Crippen LogP contribution in [0.5, 0.6) is 0 Å². The quantitative estimate of drug-likeness (QED) is 0.393. The van der Waals surface area contributed by atoms with Crippen molar-refractivity contribution in [2.75, 3.05) is 19.7 Å². The first kappa shape index (κ1) is 28.1. The molecule has 2 aromatic carbocycles. The number of amides is 2. The number of aromatic nitrogens is 2. The van der Waals surface area contributed by atoms with Crippen LogP contribution >= 0.6 is 11.6 Å². The Hall–Kier alpha value is -3.99. The number of piperidine rings is 1. The number of carboxylic acid groups (broad SMARTS) is 1. The Morgan fingerprint density at radius 1 is 1.17 bits per heavy atom. The summed E-state index contributed by atoms with van der Waals surface area (Å²) in [7, 11) is 0. The minimum Gasteiger partial charge on any atom is -0.465 e. The number of carbonyl (C=O) groups excluding carboxylic acids is 2. The Balaban J connectivity index is 1.27. The summed E-state index contributed by atoms with van der Waals surface area (Å²) in [5, 5.41) is 9.51. The second-order valence-electron chi connectivity index (χ2n) is 10.9. The Morgan fingerprint density at radius 3 is 2.62 bits per heavy atom. The van der Waals surface area contributed by atoms with Gasteiger partial charge in [0, 0.05) is 47.3 Å². The molecule has 0 radical (unpaired) electrons. The number of ether oxygens (including phenoxy) is 1. The van der Waals surface area contributed by atoms with Crippen LogP contribution in [0.1, 0.15) is 58.2 Å². The van der Waals surface area contributed by atoms with Crippen LogP contribution in [-0.4, -0.2) is 74.5 Å². The van der Waals surface area contributed by atoms with Gasteiger partial charge in [0.15, 0.2) is 6.04 Å². The Kier molecular flexibility index (Phi) is 7.38. The van der Waals surface area contributed by atoms with E-state index in [0.29, 0.717) is 39.5 Å². The molecule has 0 spiro atoms. The van der Waals surface area contributed by atoms with Crippen molar-refractivity contribution < 1.29 is 33.0 Å². The van der Waals surface area contributed by atoms with E-state index in [4.69, 9.17) is 21.4 Å². The van der Waals surface area contributed by atoms with Crippen LogP contribution in [0.15, 0.2) is 42.7 Å².